The second-order valence-electron chi connectivity index (χ2n) is 3.09. The van der Waals surface area contributed by atoms with Gasteiger partial charge in [-0.2, -0.15) is 4.98 Å². The Hall–Kier alpha value is -0.850. The molecule has 0 unspecified atom stereocenters. The van der Waals surface area contributed by atoms with Crippen LogP contribution in [0.2, 0.25) is 5.02 Å². The van der Waals surface area contributed by atoms with Crippen LogP contribution in [0.3, 0.4) is 0 Å². The number of H-pyrrole nitrogens is 1. The van der Waals surface area contributed by atoms with Gasteiger partial charge in [-0.1, -0.05) is 29.4 Å². The third kappa shape index (κ3) is 2.70. The molecular formula is C10H7BrClN3OS. The molecule has 1 N–H and O–H groups in total. The van der Waals surface area contributed by atoms with E-state index in [4.69, 9.17) is 11.6 Å². The number of nitrogens with one attached hydrogen (secondary N) is 1. The summed E-state index contributed by atoms with van der Waals surface area (Å²) >= 11 is 10.8. The van der Waals surface area contributed by atoms with Gasteiger partial charge < -0.3 is 0 Å². The van der Waals surface area contributed by atoms with Crippen LogP contribution in [0, 0.1) is 0 Å². The highest BCUT2D eigenvalue weighted by Gasteiger charge is 2.11. The molecule has 0 radical (unpaired) electrons. The second-order valence-corrected chi connectivity index (χ2v) is 5.12. The van der Waals surface area contributed by atoms with Crippen molar-refractivity contribution in [3.8, 4) is 11.4 Å². The van der Waals surface area contributed by atoms with Crippen molar-refractivity contribution in [3.63, 3.8) is 0 Å². The summed E-state index contributed by atoms with van der Waals surface area (Å²) in [4.78, 5) is 21.9. The van der Waals surface area contributed by atoms with E-state index >= 15 is 0 Å². The molecule has 0 aliphatic carbocycles. The Balaban J connectivity index is 2.68. The number of hydrogen-bond acceptors (Lipinski definition) is 4. The molecule has 0 aliphatic rings. The standard InChI is InChI=1S/C10H7BrClN3OS/c1-17-10-14-8(13-9(16)15-10)7-5(11)3-2-4-6(7)12/h2-4H,1H3,(H,13,14,15,16). The zero-order valence-corrected chi connectivity index (χ0v) is 11.9. The van der Waals surface area contributed by atoms with Gasteiger partial charge in [0.25, 0.3) is 0 Å². The number of hydrogen-bond donors (Lipinski definition) is 1. The average Bonchev–Trinajstić information content (AvgIpc) is 2.28. The smallest absolute Gasteiger partial charge is 0.290 e. The highest BCUT2D eigenvalue weighted by molar-refractivity contribution is 9.10. The van der Waals surface area contributed by atoms with Gasteiger partial charge in [0.05, 0.1) is 10.6 Å². The molecule has 0 spiro atoms. The summed E-state index contributed by atoms with van der Waals surface area (Å²) in [7, 11) is 0. The average molecular weight is 333 g/mol. The van der Waals surface area contributed by atoms with Crippen molar-refractivity contribution in [2.45, 2.75) is 5.16 Å². The minimum atomic E-state index is -0.439. The topological polar surface area (TPSA) is 58.6 Å². The maximum Gasteiger partial charge on any atom is 0.349 e. The molecule has 17 heavy (non-hydrogen) atoms. The molecule has 1 aromatic heterocycles. The summed E-state index contributed by atoms with van der Waals surface area (Å²) in [6, 6.07) is 5.38. The molecule has 0 bridgehead atoms. The molecule has 2 rings (SSSR count). The van der Waals surface area contributed by atoms with Gasteiger partial charge in [-0.25, -0.2) is 9.78 Å². The first kappa shape index (κ1) is 12.6. The van der Waals surface area contributed by atoms with Crippen LogP contribution in [-0.2, 0) is 0 Å². The van der Waals surface area contributed by atoms with Crippen LogP contribution in [0.5, 0.6) is 0 Å². The summed E-state index contributed by atoms with van der Waals surface area (Å²) in [6.07, 6.45) is 1.81. The van der Waals surface area contributed by atoms with Gasteiger partial charge in [0.15, 0.2) is 5.16 Å². The number of benzene rings is 1. The molecule has 1 aromatic carbocycles. The van der Waals surface area contributed by atoms with Gasteiger partial charge >= 0.3 is 5.69 Å². The monoisotopic (exact) mass is 331 g/mol. The van der Waals surface area contributed by atoms with E-state index in [1.807, 2.05) is 12.1 Å². The van der Waals surface area contributed by atoms with Crippen LogP contribution in [0.1, 0.15) is 0 Å². The number of halogens is 2. The number of thioether (sulfide) groups is 1. The maximum atomic E-state index is 11.4. The van der Waals surface area contributed by atoms with Gasteiger partial charge in [0, 0.05) is 4.47 Å². The quantitative estimate of drug-likeness (QED) is 0.859. The van der Waals surface area contributed by atoms with Crippen LogP contribution in [-0.4, -0.2) is 21.2 Å². The molecule has 0 aliphatic heterocycles. The Morgan fingerprint density at radius 1 is 1.41 bits per heavy atom. The highest BCUT2D eigenvalue weighted by Crippen LogP contribution is 2.32. The minimum absolute atomic E-state index is 0.409. The van der Waals surface area contributed by atoms with Crippen molar-refractivity contribution in [1.82, 2.24) is 15.0 Å². The lowest BCUT2D eigenvalue weighted by molar-refractivity contribution is 0.871. The van der Waals surface area contributed by atoms with E-state index < -0.39 is 5.69 Å². The molecule has 0 fully saturated rings. The number of rotatable bonds is 2. The summed E-state index contributed by atoms with van der Waals surface area (Å²) in [6.45, 7) is 0. The van der Waals surface area contributed by atoms with Crippen molar-refractivity contribution in [3.05, 3.63) is 38.2 Å². The normalized spacial score (nSPS) is 10.5. The Morgan fingerprint density at radius 2 is 2.18 bits per heavy atom. The fourth-order valence-electron chi connectivity index (χ4n) is 1.30. The molecule has 0 atom stereocenters. The lowest BCUT2D eigenvalue weighted by atomic mass is 10.2. The molecular weight excluding hydrogens is 326 g/mol. The summed E-state index contributed by atoms with van der Waals surface area (Å²) in [5, 5.41) is 0.927. The van der Waals surface area contributed by atoms with E-state index in [2.05, 4.69) is 30.9 Å². The highest BCUT2D eigenvalue weighted by atomic mass is 79.9. The van der Waals surface area contributed by atoms with Gasteiger partial charge in [-0.15, -0.1) is 0 Å². The fourth-order valence-corrected chi connectivity index (χ4v) is 2.59. The van der Waals surface area contributed by atoms with Gasteiger partial charge in [0.2, 0.25) is 0 Å². The molecule has 7 heteroatoms. The van der Waals surface area contributed by atoms with E-state index in [1.54, 1.807) is 12.3 Å². The van der Waals surface area contributed by atoms with Crippen molar-refractivity contribution in [2.75, 3.05) is 6.26 Å². The van der Waals surface area contributed by atoms with Gasteiger partial charge in [0.1, 0.15) is 5.82 Å². The van der Waals surface area contributed by atoms with Crippen LogP contribution in [0.15, 0.2) is 32.6 Å². The maximum absolute atomic E-state index is 11.4. The van der Waals surface area contributed by atoms with Crippen molar-refractivity contribution in [2.24, 2.45) is 0 Å². The van der Waals surface area contributed by atoms with Crippen molar-refractivity contribution < 1.29 is 0 Å². The lowest BCUT2D eigenvalue weighted by Crippen LogP contribution is -2.14. The largest absolute Gasteiger partial charge is 0.349 e. The molecule has 1 heterocycles. The lowest BCUT2D eigenvalue weighted by Gasteiger charge is -2.06. The molecule has 0 saturated heterocycles. The van der Waals surface area contributed by atoms with E-state index in [0.717, 1.165) is 4.47 Å². The zero-order chi connectivity index (χ0) is 12.4. The first-order valence-electron chi connectivity index (χ1n) is 4.58. The van der Waals surface area contributed by atoms with E-state index in [0.29, 0.717) is 21.6 Å². The summed E-state index contributed by atoms with van der Waals surface area (Å²) in [5.74, 6) is 0.409. The zero-order valence-electron chi connectivity index (χ0n) is 8.70. The van der Waals surface area contributed by atoms with Crippen LogP contribution in [0.4, 0.5) is 0 Å². The SMILES string of the molecule is CSc1nc(-c2c(Cl)cccc2Br)[nH]c(=O)n1. The predicted octanol–water partition coefficient (Wildman–Crippen LogP) is 2.97. The first-order chi connectivity index (χ1) is 8.11. The number of nitrogens with zero attached hydrogens (tertiary/aromatic N) is 2. The third-order valence-electron chi connectivity index (χ3n) is 2.01. The third-order valence-corrected chi connectivity index (χ3v) is 3.54. The molecule has 0 amide bonds. The molecule has 0 saturated carbocycles. The van der Waals surface area contributed by atoms with Crippen molar-refractivity contribution >= 4 is 39.3 Å². The fraction of sp³-hybridized carbons (Fsp3) is 0.100. The Kier molecular flexibility index (Phi) is 3.86. The Bertz CT molecular complexity index is 596. The Morgan fingerprint density at radius 3 is 2.82 bits per heavy atom. The first-order valence-corrected chi connectivity index (χ1v) is 6.98. The summed E-state index contributed by atoms with van der Waals surface area (Å²) < 4.78 is 0.770. The van der Waals surface area contributed by atoms with Gasteiger partial charge in [-0.05, 0) is 34.3 Å². The number of aromatic amines is 1. The van der Waals surface area contributed by atoms with E-state index in [1.165, 1.54) is 11.8 Å². The molecule has 88 valence electrons. The van der Waals surface area contributed by atoms with Gasteiger partial charge in [-0.3, -0.25) is 4.98 Å². The minimum Gasteiger partial charge on any atom is -0.290 e. The van der Waals surface area contributed by atoms with Crippen molar-refractivity contribution in [1.29, 1.82) is 0 Å². The van der Waals surface area contributed by atoms with Crippen LogP contribution >= 0.6 is 39.3 Å². The predicted molar refractivity (Wildman–Crippen MR) is 72.6 cm³/mol. The van der Waals surface area contributed by atoms with Crippen LogP contribution < -0.4 is 5.69 Å². The molecule has 2 aromatic rings. The Labute approximate surface area is 115 Å². The second kappa shape index (κ2) is 5.20. The summed E-state index contributed by atoms with van der Waals surface area (Å²) in [5.41, 5.74) is 0.218. The number of aromatic nitrogens is 3. The van der Waals surface area contributed by atoms with Crippen LogP contribution in [0.25, 0.3) is 11.4 Å². The van der Waals surface area contributed by atoms with E-state index in [9.17, 15) is 4.79 Å². The molecule has 4 nitrogen and oxygen atoms in total. The van der Waals surface area contributed by atoms with E-state index in [-0.39, 0.29) is 0 Å².